The van der Waals surface area contributed by atoms with Gasteiger partial charge in [0.05, 0.1) is 6.04 Å². The van der Waals surface area contributed by atoms with Crippen LogP contribution in [0.15, 0.2) is 54.6 Å². The number of amides is 1. The van der Waals surface area contributed by atoms with Crippen molar-refractivity contribution in [3.8, 4) is 0 Å². The van der Waals surface area contributed by atoms with Gasteiger partial charge in [0.15, 0.2) is 0 Å². The summed E-state index contributed by atoms with van der Waals surface area (Å²) in [7, 11) is 0. The molecule has 0 heterocycles. The van der Waals surface area contributed by atoms with Crippen molar-refractivity contribution in [2.45, 2.75) is 45.2 Å². The Bertz CT molecular complexity index is 662. The number of aryl methyl sites for hydroxylation is 1. The molecule has 0 aliphatic heterocycles. The Balaban J connectivity index is 1.62. The van der Waals surface area contributed by atoms with Crippen molar-refractivity contribution in [1.82, 2.24) is 5.32 Å². The van der Waals surface area contributed by atoms with Crippen LogP contribution in [-0.2, 0) is 11.2 Å². The zero-order valence-corrected chi connectivity index (χ0v) is 14.5. The Hall–Kier alpha value is -2.13. The third-order valence-corrected chi connectivity index (χ3v) is 4.70. The highest BCUT2D eigenvalue weighted by atomic mass is 16.2. The van der Waals surface area contributed by atoms with Crippen molar-refractivity contribution in [3.63, 3.8) is 0 Å². The van der Waals surface area contributed by atoms with Crippen LogP contribution in [-0.4, -0.2) is 11.9 Å². The van der Waals surface area contributed by atoms with E-state index in [2.05, 4.69) is 54.0 Å². The lowest BCUT2D eigenvalue weighted by atomic mass is 10.0. The monoisotopic (exact) mass is 322 g/mol. The second-order valence-electron chi connectivity index (χ2n) is 6.65. The second-order valence-corrected chi connectivity index (χ2v) is 6.65. The standard InChI is InChI=1S/C21H26N2O/c1-3-16-9-13-19(14-10-16)23-21(24)15(2)22-20(18-11-12-18)17-7-5-4-6-8-17/h4-10,13-15,18,20,22H,3,11-12H2,1-2H3,(H,23,24)/t15-,20-/m1/s1. The lowest BCUT2D eigenvalue weighted by Gasteiger charge is -2.23. The molecule has 126 valence electrons. The van der Waals surface area contributed by atoms with Crippen LogP contribution >= 0.6 is 0 Å². The Morgan fingerprint density at radius 3 is 2.33 bits per heavy atom. The fourth-order valence-corrected chi connectivity index (χ4v) is 3.01. The summed E-state index contributed by atoms with van der Waals surface area (Å²) in [6.45, 7) is 4.06. The molecule has 2 aromatic carbocycles. The zero-order chi connectivity index (χ0) is 16.9. The van der Waals surface area contributed by atoms with Crippen LogP contribution in [0.1, 0.15) is 43.9 Å². The summed E-state index contributed by atoms with van der Waals surface area (Å²) in [4.78, 5) is 12.5. The average Bonchev–Trinajstić information content (AvgIpc) is 3.45. The van der Waals surface area contributed by atoms with Crippen LogP contribution in [0.5, 0.6) is 0 Å². The van der Waals surface area contributed by atoms with Crippen molar-refractivity contribution in [2.24, 2.45) is 5.92 Å². The molecule has 0 unspecified atom stereocenters. The highest BCUT2D eigenvalue weighted by Crippen LogP contribution is 2.41. The molecule has 24 heavy (non-hydrogen) atoms. The smallest absolute Gasteiger partial charge is 0.241 e. The maximum atomic E-state index is 12.5. The largest absolute Gasteiger partial charge is 0.325 e. The van der Waals surface area contributed by atoms with E-state index in [0.717, 1.165) is 12.1 Å². The fraction of sp³-hybridized carbons (Fsp3) is 0.381. The topological polar surface area (TPSA) is 41.1 Å². The van der Waals surface area contributed by atoms with Gasteiger partial charge in [-0.25, -0.2) is 0 Å². The summed E-state index contributed by atoms with van der Waals surface area (Å²) in [6, 6.07) is 18.5. The van der Waals surface area contributed by atoms with E-state index < -0.39 is 0 Å². The van der Waals surface area contributed by atoms with Crippen LogP contribution in [0.3, 0.4) is 0 Å². The summed E-state index contributed by atoms with van der Waals surface area (Å²) in [5.41, 5.74) is 3.40. The Morgan fingerprint density at radius 2 is 1.75 bits per heavy atom. The zero-order valence-electron chi connectivity index (χ0n) is 14.5. The molecule has 0 spiro atoms. The summed E-state index contributed by atoms with van der Waals surface area (Å²) >= 11 is 0. The molecule has 3 rings (SSSR count). The summed E-state index contributed by atoms with van der Waals surface area (Å²) in [5.74, 6) is 0.660. The fourth-order valence-electron chi connectivity index (χ4n) is 3.01. The highest BCUT2D eigenvalue weighted by molar-refractivity contribution is 5.94. The van der Waals surface area contributed by atoms with Crippen LogP contribution in [0, 0.1) is 5.92 Å². The van der Waals surface area contributed by atoms with Crippen molar-refractivity contribution in [2.75, 3.05) is 5.32 Å². The van der Waals surface area contributed by atoms with E-state index in [4.69, 9.17) is 0 Å². The highest BCUT2D eigenvalue weighted by Gasteiger charge is 2.33. The summed E-state index contributed by atoms with van der Waals surface area (Å²) < 4.78 is 0. The number of carbonyl (C=O) groups is 1. The van der Waals surface area contributed by atoms with Gasteiger partial charge in [-0.3, -0.25) is 10.1 Å². The molecule has 2 N–H and O–H groups in total. The van der Waals surface area contributed by atoms with Gasteiger partial charge in [0.1, 0.15) is 0 Å². The van der Waals surface area contributed by atoms with Gasteiger partial charge in [-0.15, -0.1) is 0 Å². The molecule has 1 saturated carbocycles. The van der Waals surface area contributed by atoms with E-state index in [1.807, 2.05) is 25.1 Å². The molecule has 1 fully saturated rings. The van der Waals surface area contributed by atoms with Crippen LogP contribution in [0.4, 0.5) is 5.69 Å². The number of hydrogen-bond acceptors (Lipinski definition) is 2. The minimum absolute atomic E-state index is 0.0147. The lowest BCUT2D eigenvalue weighted by molar-refractivity contribution is -0.118. The van der Waals surface area contributed by atoms with Gasteiger partial charge in [-0.2, -0.15) is 0 Å². The van der Waals surface area contributed by atoms with Crippen LogP contribution in [0.25, 0.3) is 0 Å². The second kappa shape index (κ2) is 7.63. The Labute approximate surface area is 144 Å². The van der Waals surface area contributed by atoms with E-state index in [9.17, 15) is 4.79 Å². The number of carbonyl (C=O) groups excluding carboxylic acids is 1. The van der Waals surface area contributed by atoms with Crippen molar-refractivity contribution in [1.29, 1.82) is 0 Å². The number of nitrogens with one attached hydrogen (secondary N) is 2. The molecular weight excluding hydrogens is 296 g/mol. The van der Waals surface area contributed by atoms with E-state index in [1.165, 1.54) is 24.0 Å². The molecule has 0 radical (unpaired) electrons. The molecule has 1 amide bonds. The van der Waals surface area contributed by atoms with Crippen molar-refractivity contribution < 1.29 is 4.79 Å². The van der Waals surface area contributed by atoms with Gasteiger partial charge in [-0.05, 0) is 55.4 Å². The van der Waals surface area contributed by atoms with E-state index in [-0.39, 0.29) is 18.0 Å². The SMILES string of the molecule is CCc1ccc(NC(=O)[C@@H](C)N[C@H](c2ccccc2)C2CC2)cc1. The molecule has 0 bridgehead atoms. The van der Waals surface area contributed by atoms with Crippen molar-refractivity contribution in [3.05, 3.63) is 65.7 Å². The molecule has 3 nitrogen and oxygen atoms in total. The van der Waals surface area contributed by atoms with E-state index >= 15 is 0 Å². The third-order valence-electron chi connectivity index (χ3n) is 4.70. The predicted molar refractivity (Wildman–Crippen MR) is 99.0 cm³/mol. The first-order chi connectivity index (χ1) is 11.7. The van der Waals surface area contributed by atoms with E-state index in [1.54, 1.807) is 0 Å². The first kappa shape index (κ1) is 16.7. The number of benzene rings is 2. The minimum atomic E-state index is -0.235. The third kappa shape index (κ3) is 4.24. The molecule has 1 aliphatic carbocycles. The number of hydrogen-bond donors (Lipinski definition) is 2. The molecule has 2 atom stereocenters. The number of rotatable bonds is 7. The van der Waals surface area contributed by atoms with Gasteiger partial charge in [0, 0.05) is 11.7 Å². The van der Waals surface area contributed by atoms with Crippen molar-refractivity contribution >= 4 is 11.6 Å². The van der Waals surface area contributed by atoms with E-state index in [0.29, 0.717) is 5.92 Å². The molecule has 3 heteroatoms. The normalized spacial score (nSPS) is 16.4. The van der Waals surface area contributed by atoms with Gasteiger partial charge >= 0.3 is 0 Å². The molecule has 0 aromatic heterocycles. The molecule has 1 aliphatic rings. The molecule has 0 saturated heterocycles. The quantitative estimate of drug-likeness (QED) is 0.797. The predicted octanol–water partition coefficient (Wildman–Crippen LogP) is 4.32. The minimum Gasteiger partial charge on any atom is -0.325 e. The first-order valence-corrected chi connectivity index (χ1v) is 8.88. The maximum Gasteiger partial charge on any atom is 0.241 e. The Kier molecular flexibility index (Phi) is 5.31. The van der Waals surface area contributed by atoms with Gasteiger partial charge < -0.3 is 5.32 Å². The van der Waals surface area contributed by atoms with Crippen LogP contribution in [0.2, 0.25) is 0 Å². The average molecular weight is 322 g/mol. The molecule has 2 aromatic rings. The number of anilines is 1. The summed E-state index contributed by atoms with van der Waals surface area (Å²) in [5, 5.41) is 6.53. The van der Waals surface area contributed by atoms with Gasteiger partial charge in [-0.1, -0.05) is 49.4 Å². The van der Waals surface area contributed by atoms with Gasteiger partial charge in [0.2, 0.25) is 5.91 Å². The summed E-state index contributed by atoms with van der Waals surface area (Å²) in [6.07, 6.45) is 3.48. The molecular formula is C21H26N2O. The first-order valence-electron chi connectivity index (χ1n) is 8.88. The van der Waals surface area contributed by atoms with Crippen LogP contribution < -0.4 is 10.6 Å². The lowest BCUT2D eigenvalue weighted by Crippen LogP contribution is -2.40. The van der Waals surface area contributed by atoms with Gasteiger partial charge in [0.25, 0.3) is 0 Å². The maximum absolute atomic E-state index is 12.5. The Morgan fingerprint density at radius 1 is 1.08 bits per heavy atom.